The van der Waals surface area contributed by atoms with E-state index in [-0.39, 0.29) is 12.5 Å². The molecule has 2 nitrogen and oxygen atoms in total. The lowest BCUT2D eigenvalue weighted by molar-refractivity contribution is 0.284. The normalized spacial score (nSPS) is 11.2. The molecule has 110 valence electrons. The maximum atomic E-state index is 7.51. The number of ether oxygens (including phenoxy) is 1. The van der Waals surface area contributed by atoms with E-state index >= 15 is 0 Å². The molecule has 0 radical (unpaired) electrons. The standard InChI is InChI=1S/C15H11BrCl3NO/c16-13-6-4-11(5-7-13)12-3-1-2-10(8-12)9-21-14(20)15(17,18)19/h1-8,20H,9H2. The van der Waals surface area contributed by atoms with Gasteiger partial charge >= 0.3 is 0 Å². The summed E-state index contributed by atoms with van der Waals surface area (Å²) in [5.41, 5.74) is 3.05. The van der Waals surface area contributed by atoms with E-state index in [1.54, 1.807) is 0 Å². The third-order valence-electron chi connectivity index (χ3n) is 2.75. The fourth-order valence-corrected chi connectivity index (χ4v) is 2.15. The average molecular weight is 408 g/mol. The van der Waals surface area contributed by atoms with Crippen LogP contribution in [-0.2, 0) is 11.3 Å². The van der Waals surface area contributed by atoms with E-state index in [0.29, 0.717) is 0 Å². The van der Waals surface area contributed by atoms with Crippen molar-refractivity contribution in [2.75, 3.05) is 0 Å². The predicted molar refractivity (Wildman–Crippen MR) is 92.4 cm³/mol. The molecule has 0 atom stereocenters. The summed E-state index contributed by atoms with van der Waals surface area (Å²) < 4.78 is 4.38. The second-order valence-corrected chi connectivity index (χ2v) is 7.52. The van der Waals surface area contributed by atoms with Crippen molar-refractivity contribution in [2.24, 2.45) is 0 Å². The first-order valence-corrected chi connectivity index (χ1v) is 7.92. The lowest BCUT2D eigenvalue weighted by Gasteiger charge is -2.14. The Morgan fingerprint density at radius 2 is 1.71 bits per heavy atom. The summed E-state index contributed by atoms with van der Waals surface area (Å²) in [7, 11) is 0. The van der Waals surface area contributed by atoms with Gasteiger partial charge in [-0.2, -0.15) is 0 Å². The number of nitrogens with one attached hydrogen (secondary N) is 1. The minimum Gasteiger partial charge on any atom is -0.473 e. The van der Waals surface area contributed by atoms with Gasteiger partial charge in [0.25, 0.3) is 3.79 Å². The highest BCUT2D eigenvalue weighted by Gasteiger charge is 2.28. The third-order valence-corrected chi connectivity index (χ3v) is 3.79. The van der Waals surface area contributed by atoms with Gasteiger partial charge in [-0.15, -0.1) is 0 Å². The Kier molecular flexibility index (Phi) is 5.55. The first-order valence-electron chi connectivity index (χ1n) is 6.00. The number of halogens is 4. The van der Waals surface area contributed by atoms with E-state index in [1.165, 1.54) is 0 Å². The van der Waals surface area contributed by atoms with Crippen LogP contribution in [0.25, 0.3) is 11.1 Å². The topological polar surface area (TPSA) is 33.1 Å². The largest absolute Gasteiger partial charge is 0.473 e. The van der Waals surface area contributed by atoms with Gasteiger partial charge < -0.3 is 4.74 Å². The minimum atomic E-state index is -1.83. The summed E-state index contributed by atoms with van der Waals surface area (Å²) >= 11 is 20.1. The highest BCUT2D eigenvalue weighted by molar-refractivity contribution is 9.10. The van der Waals surface area contributed by atoms with Crippen LogP contribution >= 0.6 is 50.7 Å². The summed E-state index contributed by atoms with van der Waals surface area (Å²) in [5, 5.41) is 7.51. The van der Waals surface area contributed by atoms with Crippen molar-refractivity contribution in [2.45, 2.75) is 10.4 Å². The molecule has 0 unspecified atom stereocenters. The van der Waals surface area contributed by atoms with Crippen LogP contribution in [0, 0.1) is 5.41 Å². The van der Waals surface area contributed by atoms with Gasteiger partial charge in [0.1, 0.15) is 6.61 Å². The molecule has 0 saturated carbocycles. The zero-order chi connectivity index (χ0) is 15.5. The van der Waals surface area contributed by atoms with Gasteiger partial charge in [-0.1, -0.05) is 81.1 Å². The van der Waals surface area contributed by atoms with E-state index in [0.717, 1.165) is 21.2 Å². The lowest BCUT2D eigenvalue weighted by Crippen LogP contribution is -2.20. The maximum Gasteiger partial charge on any atom is 0.265 e. The summed E-state index contributed by atoms with van der Waals surface area (Å²) in [5.74, 6) is -0.387. The Hall–Kier alpha value is -0.740. The molecule has 2 aromatic rings. The van der Waals surface area contributed by atoms with E-state index in [1.807, 2.05) is 48.5 Å². The first kappa shape index (κ1) is 16.6. The van der Waals surface area contributed by atoms with Crippen LogP contribution in [0.3, 0.4) is 0 Å². The van der Waals surface area contributed by atoms with E-state index in [9.17, 15) is 0 Å². The van der Waals surface area contributed by atoms with Gasteiger partial charge in [-0.25, -0.2) is 0 Å². The first-order chi connectivity index (χ1) is 9.86. The molecule has 0 spiro atoms. The summed E-state index contributed by atoms with van der Waals surface area (Å²) in [6.07, 6.45) is 0. The fourth-order valence-electron chi connectivity index (χ4n) is 1.72. The van der Waals surface area contributed by atoms with Crippen molar-refractivity contribution in [3.63, 3.8) is 0 Å². The maximum absolute atomic E-state index is 7.51. The number of hydrogen-bond donors (Lipinski definition) is 1. The van der Waals surface area contributed by atoms with Crippen molar-refractivity contribution in [3.8, 4) is 11.1 Å². The van der Waals surface area contributed by atoms with Crippen molar-refractivity contribution < 1.29 is 4.74 Å². The van der Waals surface area contributed by atoms with Gasteiger partial charge in [0.15, 0.2) is 0 Å². The molecule has 0 aliphatic heterocycles. The smallest absolute Gasteiger partial charge is 0.265 e. The average Bonchev–Trinajstić information content (AvgIpc) is 2.45. The molecule has 0 aliphatic carbocycles. The van der Waals surface area contributed by atoms with E-state index in [2.05, 4.69) is 15.9 Å². The molecule has 0 heterocycles. The number of benzene rings is 2. The number of alkyl halides is 3. The Morgan fingerprint density at radius 3 is 2.33 bits per heavy atom. The summed E-state index contributed by atoms with van der Waals surface area (Å²) in [6, 6.07) is 15.8. The van der Waals surface area contributed by atoms with Crippen LogP contribution in [0.5, 0.6) is 0 Å². The SMILES string of the molecule is N=C(OCc1cccc(-c2ccc(Br)cc2)c1)C(Cl)(Cl)Cl. The fraction of sp³-hybridized carbons (Fsp3) is 0.133. The van der Waals surface area contributed by atoms with Crippen LogP contribution in [0.15, 0.2) is 53.0 Å². The van der Waals surface area contributed by atoms with Crippen molar-refractivity contribution >= 4 is 56.6 Å². The summed E-state index contributed by atoms with van der Waals surface area (Å²) in [6.45, 7) is 0.178. The lowest BCUT2D eigenvalue weighted by atomic mass is 10.0. The van der Waals surface area contributed by atoms with Crippen LogP contribution in [0.4, 0.5) is 0 Å². The number of hydrogen-bond acceptors (Lipinski definition) is 2. The van der Waals surface area contributed by atoms with Crippen LogP contribution < -0.4 is 0 Å². The Bertz CT molecular complexity index is 638. The van der Waals surface area contributed by atoms with Gasteiger partial charge in [0, 0.05) is 4.47 Å². The van der Waals surface area contributed by atoms with Crippen molar-refractivity contribution in [3.05, 3.63) is 58.6 Å². The van der Waals surface area contributed by atoms with Crippen molar-refractivity contribution in [1.29, 1.82) is 5.41 Å². The molecule has 6 heteroatoms. The molecule has 21 heavy (non-hydrogen) atoms. The van der Waals surface area contributed by atoms with Gasteiger partial charge in [-0.05, 0) is 34.9 Å². The van der Waals surface area contributed by atoms with E-state index < -0.39 is 3.79 Å². The summed E-state index contributed by atoms with van der Waals surface area (Å²) in [4.78, 5) is 0. The quantitative estimate of drug-likeness (QED) is 0.379. The van der Waals surface area contributed by atoms with Crippen LogP contribution in [0.2, 0.25) is 0 Å². The van der Waals surface area contributed by atoms with Gasteiger partial charge in [0.2, 0.25) is 5.90 Å². The molecule has 0 saturated heterocycles. The molecule has 2 rings (SSSR count). The molecular weight excluding hydrogens is 396 g/mol. The Morgan fingerprint density at radius 1 is 1.05 bits per heavy atom. The molecule has 0 aromatic heterocycles. The molecule has 0 fully saturated rings. The highest BCUT2D eigenvalue weighted by Crippen LogP contribution is 2.28. The Labute approximate surface area is 146 Å². The number of rotatable bonds is 3. The third kappa shape index (κ3) is 4.89. The predicted octanol–water partition coefficient (Wildman–Crippen LogP) is 5.98. The molecular formula is C15H11BrCl3NO. The Balaban J connectivity index is 2.11. The van der Waals surface area contributed by atoms with Gasteiger partial charge in [-0.3, -0.25) is 5.41 Å². The zero-order valence-corrected chi connectivity index (χ0v) is 14.6. The molecule has 2 aromatic carbocycles. The second kappa shape index (κ2) is 7.01. The highest BCUT2D eigenvalue weighted by atomic mass is 79.9. The van der Waals surface area contributed by atoms with Gasteiger partial charge in [0.05, 0.1) is 0 Å². The minimum absolute atomic E-state index is 0.178. The zero-order valence-electron chi connectivity index (χ0n) is 10.7. The molecule has 0 amide bonds. The molecule has 0 bridgehead atoms. The van der Waals surface area contributed by atoms with Crippen molar-refractivity contribution in [1.82, 2.24) is 0 Å². The molecule has 0 aliphatic rings. The van der Waals surface area contributed by atoms with Crippen LogP contribution in [-0.4, -0.2) is 9.69 Å². The van der Waals surface area contributed by atoms with E-state index in [4.69, 9.17) is 44.9 Å². The van der Waals surface area contributed by atoms with Crippen LogP contribution in [0.1, 0.15) is 5.56 Å². The second-order valence-electron chi connectivity index (χ2n) is 4.32. The monoisotopic (exact) mass is 405 g/mol. The molecule has 1 N–H and O–H groups in total.